The Bertz CT molecular complexity index is 700. The second-order valence-corrected chi connectivity index (χ2v) is 9.04. The predicted molar refractivity (Wildman–Crippen MR) is 96.8 cm³/mol. The summed E-state index contributed by atoms with van der Waals surface area (Å²) in [6.45, 7) is 9.19. The molecule has 0 aliphatic heterocycles. The van der Waals surface area contributed by atoms with Crippen molar-refractivity contribution >= 4 is 11.6 Å². The highest BCUT2D eigenvalue weighted by Crippen LogP contribution is 2.64. The first-order chi connectivity index (χ1) is 11.8. The van der Waals surface area contributed by atoms with Crippen LogP contribution in [0.4, 0.5) is 0 Å². The highest BCUT2D eigenvalue weighted by Gasteiger charge is 2.59. The molecule has 4 rings (SSSR count). The Hall–Kier alpha value is -1.38. The van der Waals surface area contributed by atoms with E-state index in [0.29, 0.717) is 42.3 Å². The summed E-state index contributed by atoms with van der Waals surface area (Å²) in [4.78, 5) is 25.0. The molecule has 5 atom stereocenters. The van der Waals surface area contributed by atoms with Crippen LogP contribution in [-0.2, 0) is 14.3 Å². The van der Waals surface area contributed by atoms with Crippen LogP contribution in [-0.4, -0.2) is 18.2 Å². The quantitative estimate of drug-likeness (QED) is 0.735. The Morgan fingerprint density at radius 1 is 1.08 bits per heavy atom. The average molecular weight is 342 g/mol. The fraction of sp³-hybridized carbons (Fsp3) is 0.727. The molecule has 4 aliphatic carbocycles. The van der Waals surface area contributed by atoms with Gasteiger partial charge in [-0.1, -0.05) is 19.9 Å². The Morgan fingerprint density at radius 2 is 1.80 bits per heavy atom. The minimum Gasteiger partial charge on any atom is -0.490 e. The topological polar surface area (TPSA) is 43.4 Å². The minimum atomic E-state index is -0.122. The van der Waals surface area contributed by atoms with Gasteiger partial charge in [0.1, 0.15) is 5.78 Å². The lowest BCUT2D eigenvalue weighted by Gasteiger charge is -2.55. The van der Waals surface area contributed by atoms with Crippen LogP contribution in [0.3, 0.4) is 0 Å². The van der Waals surface area contributed by atoms with Gasteiger partial charge in [0.25, 0.3) is 0 Å². The molecule has 4 aliphatic rings. The van der Waals surface area contributed by atoms with Crippen LogP contribution < -0.4 is 0 Å². The number of hydrogen-bond acceptors (Lipinski definition) is 3. The van der Waals surface area contributed by atoms with Gasteiger partial charge in [-0.2, -0.15) is 0 Å². The van der Waals surface area contributed by atoms with Crippen molar-refractivity contribution in [2.45, 2.75) is 66.2 Å². The van der Waals surface area contributed by atoms with Crippen LogP contribution >= 0.6 is 0 Å². The zero-order chi connectivity index (χ0) is 18.0. The highest BCUT2D eigenvalue weighted by molar-refractivity contribution is 5.96. The number of ketones is 2. The molecule has 0 aromatic rings. The maximum atomic E-state index is 12.5. The van der Waals surface area contributed by atoms with Crippen molar-refractivity contribution in [3.05, 3.63) is 23.0 Å². The number of allylic oxidation sites excluding steroid dienone is 4. The van der Waals surface area contributed by atoms with Gasteiger partial charge in [0.2, 0.25) is 0 Å². The number of ether oxygens (including phenoxy) is 1. The SMILES string of the molecule is CCOC1=C2C(C)=C[C@@H]3[C@H](CC[C@]4(C)C(=O)CC[C@@H]34)[C@@]2(C)CCC1=O. The number of rotatable bonds is 2. The van der Waals surface area contributed by atoms with E-state index in [1.165, 1.54) is 11.1 Å². The predicted octanol–water partition coefficient (Wildman–Crippen LogP) is 4.62. The van der Waals surface area contributed by atoms with Crippen LogP contribution in [0.2, 0.25) is 0 Å². The van der Waals surface area contributed by atoms with Crippen molar-refractivity contribution in [2.75, 3.05) is 6.61 Å². The summed E-state index contributed by atoms with van der Waals surface area (Å²) >= 11 is 0. The smallest absolute Gasteiger partial charge is 0.197 e. The van der Waals surface area contributed by atoms with E-state index in [2.05, 4.69) is 26.8 Å². The third-order valence-electron chi connectivity index (χ3n) is 7.91. The van der Waals surface area contributed by atoms with Crippen LogP contribution in [0, 0.1) is 28.6 Å². The first kappa shape index (κ1) is 17.1. The summed E-state index contributed by atoms with van der Waals surface area (Å²) in [6, 6.07) is 0. The lowest BCUT2D eigenvalue weighted by Crippen LogP contribution is -2.50. The van der Waals surface area contributed by atoms with Gasteiger partial charge in [0.05, 0.1) is 6.61 Å². The van der Waals surface area contributed by atoms with Gasteiger partial charge in [-0.05, 0) is 62.9 Å². The van der Waals surface area contributed by atoms with Crippen LogP contribution in [0.15, 0.2) is 23.0 Å². The molecule has 0 heterocycles. The molecule has 0 radical (unpaired) electrons. The van der Waals surface area contributed by atoms with E-state index in [1.807, 2.05) is 6.92 Å². The monoisotopic (exact) mass is 342 g/mol. The molecule has 0 aromatic heterocycles. The first-order valence-corrected chi connectivity index (χ1v) is 9.95. The standard InChI is InChI=1S/C22H30O3/c1-5-25-20-17(23)9-11-22(4)16-8-10-21(3)15(6-7-18(21)24)14(16)12-13(2)19(20)22/h12,14-16H,5-11H2,1-4H3/t14-,15-,16-,21-,22+/m0/s1. The van der Waals surface area contributed by atoms with Crippen LogP contribution in [0.25, 0.3) is 0 Å². The van der Waals surface area contributed by atoms with Gasteiger partial charge in [0.15, 0.2) is 11.5 Å². The molecular weight excluding hydrogens is 312 g/mol. The molecule has 0 aromatic carbocycles. The summed E-state index contributed by atoms with van der Waals surface area (Å²) in [7, 11) is 0. The van der Waals surface area contributed by atoms with Gasteiger partial charge in [-0.15, -0.1) is 0 Å². The number of carbonyl (C=O) groups is 2. The molecule has 3 nitrogen and oxygen atoms in total. The zero-order valence-corrected chi connectivity index (χ0v) is 16.0. The summed E-state index contributed by atoms with van der Waals surface area (Å²) in [6.07, 6.45) is 7.77. The van der Waals surface area contributed by atoms with E-state index in [-0.39, 0.29) is 16.6 Å². The van der Waals surface area contributed by atoms with Crippen molar-refractivity contribution in [3.8, 4) is 0 Å². The number of Topliss-reactive ketones (excluding diaryl/α,β-unsaturated/α-hetero) is 2. The number of hydrogen-bond donors (Lipinski definition) is 0. The normalized spacial score (nSPS) is 43.4. The van der Waals surface area contributed by atoms with Crippen molar-refractivity contribution in [1.29, 1.82) is 0 Å². The maximum Gasteiger partial charge on any atom is 0.197 e. The molecule has 0 saturated heterocycles. The van der Waals surface area contributed by atoms with E-state index < -0.39 is 0 Å². The molecule has 0 unspecified atom stereocenters. The third-order valence-corrected chi connectivity index (χ3v) is 7.91. The molecule has 25 heavy (non-hydrogen) atoms. The molecule has 136 valence electrons. The van der Waals surface area contributed by atoms with Gasteiger partial charge < -0.3 is 4.74 Å². The van der Waals surface area contributed by atoms with Gasteiger partial charge >= 0.3 is 0 Å². The van der Waals surface area contributed by atoms with Crippen molar-refractivity contribution in [1.82, 2.24) is 0 Å². The van der Waals surface area contributed by atoms with Crippen molar-refractivity contribution in [3.63, 3.8) is 0 Å². The van der Waals surface area contributed by atoms with Gasteiger partial charge in [-0.3, -0.25) is 9.59 Å². The average Bonchev–Trinajstić information content (AvgIpc) is 2.87. The third kappa shape index (κ3) is 2.17. The summed E-state index contributed by atoms with van der Waals surface area (Å²) in [5.41, 5.74) is 2.26. The minimum absolute atomic E-state index is 0.00881. The maximum absolute atomic E-state index is 12.5. The van der Waals surface area contributed by atoms with E-state index in [9.17, 15) is 9.59 Å². The van der Waals surface area contributed by atoms with Crippen LogP contribution in [0.5, 0.6) is 0 Å². The fourth-order valence-corrected chi connectivity index (χ4v) is 6.62. The zero-order valence-electron chi connectivity index (χ0n) is 16.0. The lowest BCUT2D eigenvalue weighted by atomic mass is 9.48. The molecule has 3 heteroatoms. The Kier molecular flexibility index (Phi) is 3.79. The summed E-state index contributed by atoms with van der Waals surface area (Å²) < 4.78 is 5.84. The number of fused-ring (bicyclic) bond motifs is 5. The molecule has 2 fully saturated rings. The van der Waals surface area contributed by atoms with E-state index >= 15 is 0 Å². The number of carbonyl (C=O) groups excluding carboxylic acids is 2. The molecular formula is C22H30O3. The molecule has 2 saturated carbocycles. The largest absolute Gasteiger partial charge is 0.490 e. The van der Waals surface area contributed by atoms with E-state index in [4.69, 9.17) is 4.74 Å². The fourth-order valence-electron chi connectivity index (χ4n) is 6.62. The molecule has 0 N–H and O–H groups in total. The Morgan fingerprint density at radius 3 is 2.52 bits per heavy atom. The second kappa shape index (κ2) is 5.56. The van der Waals surface area contributed by atoms with Crippen LogP contribution in [0.1, 0.15) is 66.2 Å². The van der Waals surface area contributed by atoms with E-state index in [0.717, 1.165) is 32.1 Å². The summed E-state index contributed by atoms with van der Waals surface area (Å²) in [5, 5.41) is 0. The lowest BCUT2D eigenvalue weighted by molar-refractivity contribution is -0.130. The Balaban J connectivity index is 1.84. The summed E-state index contributed by atoms with van der Waals surface area (Å²) in [5.74, 6) is 2.73. The highest BCUT2D eigenvalue weighted by atomic mass is 16.5. The molecule has 0 amide bonds. The first-order valence-electron chi connectivity index (χ1n) is 9.95. The van der Waals surface area contributed by atoms with E-state index in [1.54, 1.807) is 0 Å². The molecule has 0 spiro atoms. The van der Waals surface area contributed by atoms with Gasteiger partial charge in [-0.25, -0.2) is 0 Å². The molecule has 0 bridgehead atoms. The Labute approximate surface area is 150 Å². The second-order valence-electron chi connectivity index (χ2n) is 9.04. The van der Waals surface area contributed by atoms with Crippen molar-refractivity contribution in [2.24, 2.45) is 28.6 Å². The van der Waals surface area contributed by atoms with Gasteiger partial charge in [0, 0.05) is 29.2 Å². The van der Waals surface area contributed by atoms with Crippen molar-refractivity contribution < 1.29 is 14.3 Å².